The molecule has 15 heavy (non-hydrogen) atoms. The van der Waals surface area contributed by atoms with Crippen molar-refractivity contribution in [2.45, 2.75) is 6.43 Å². The first-order chi connectivity index (χ1) is 7.16. The average molecular weight is 210 g/mol. The van der Waals surface area contributed by atoms with Crippen LogP contribution >= 0.6 is 0 Å². The second-order valence-corrected chi connectivity index (χ2v) is 2.97. The van der Waals surface area contributed by atoms with Crippen molar-refractivity contribution in [1.82, 2.24) is 15.2 Å². The number of nitrogen functional groups attached to an aromatic ring is 1. The molecule has 0 atom stereocenters. The fraction of sp³-hybridized carbons (Fsp3) is 0.111. The van der Waals surface area contributed by atoms with Crippen LogP contribution in [0.5, 0.6) is 0 Å². The zero-order chi connectivity index (χ0) is 10.8. The van der Waals surface area contributed by atoms with E-state index in [1.165, 1.54) is 0 Å². The first-order valence-electron chi connectivity index (χ1n) is 4.23. The van der Waals surface area contributed by atoms with Crippen molar-refractivity contribution < 1.29 is 8.78 Å². The number of H-pyrrole nitrogens is 1. The predicted octanol–water partition coefficient (Wildman–Crippen LogP) is 1.99. The number of aromatic amines is 1. The number of benzene rings is 1. The molecule has 78 valence electrons. The van der Waals surface area contributed by atoms with E-state index in [2.05, 4.69) is 15.2 Å². The SMILES string of the molecule is Nc1ccc(-c2n[nH]c(C(F)F)n2)cc1. The average Bonchev–Trinajstić information content (AvgIpc) is 2.68. The highest BCUT2D eigenvalue weighted by molar-refractivity contribution is 5.58. The van der Waals surface area contributed by atoms with Crippen molar-refractivity contribution in [3.05, 3.63) is 30.1 Å². The number of hydrogen-bond donors (Lipinski definition) is 2. The number of alkyl halides is 2. The number of nitrogens with two attached hydrogens (primary N) is 1. The zero-order valence-corrected chi connectivity index (χ0v) is 7.61. The van der Waals surface area contributed by atoms with Gasteiger partial charge in [0.15, 0.2) is 11.6 Å². The maximum Gasteiger partial charge on any atom is 0.296 e. The highest BCUT2D eigenvalue weighted by Crippen LogP contribution is 2.19. The quantitative estimate of drug-likeness (QED) is 0.745. The predicted molar refractivity (Wildman–Crippen MR) is 51.2 cm³/mol. The maximum absolute atomic E-state index is 12.2. The van der Waals surface area contributed by atoms with Crippen LogP contribution in [-0.2, 0) is 0 Å². The van der Waals surface area contributed by atoms with E-state index in [4.69, 9.17) is 5.73 Å². The summed E-state index contributed by atoms with van der Waals surface area (Å²) >= 11 is 0. The first-order valence-corrected chi connectivity index (χ1v) is 4.23. The summed E-state index contributed by atoms with van der Waals surface area (Å²) in [6.07, 6.45) is -2.64. The molecule has 2 rings (SSSR count). The second kappa shape index (κ2) is 3.64. The maximum atomic E-state index is 12.2. The van der Waals surface area contributed by atoms with Gasteiger partial charge in [0.05, 0.1) is 0 Å². The lowest BCUT2D eigenvalue weighted by atomic mass is 10.2. The minimum Gasteiger partial charge on any atom is -0.399 e. The van der Waals surface area contributed by atoms with Gasteiger partial charge in [-0.15, -0.1) is 0 Å². The normalized spacial score (nSPS) is 10.9. The molecule has 2 aromatic rings. The van der Waals surface area contributed by atoms with E-state index in [0.29, 0.717) is 11.3 Å². The van der Waals surface area contributed by atoms with Gasteiger partial charge in [-0.25, -0.2) is 13.8 Å². The van der Waals surface area contributed by atoms with Crippen LogP contribution in [0.4, 0.5) is 14.5 Å². The lowest BCUT2D eigenvalue weighted by Crippen LogP contribution is -1.87. The zero-order valence-electron chi connectivity index (χ0n) is 7.61. The minimum atomic E-state index is -2.64. The van der Waals surface area contributed by atoms with E-state index < -0.39 is 12.2 Å². The van der Waals surface area contributed by atoms with Crippen molar-refractivity contribution in [2.75, 3.05) is 5.73 Å². The number of rotatable bonds is 2. The monoisotopic (exact) mass is 210 g/mol. The summed E-state index contributed by atoms with van der Waals surface area (Å²) in [6.45, 7) is 0. The largest absolute Gasteiger partial charge is 0.399 e. The Kier molecular flexibility index (Phi) is 2.32. The van der Waals surface area contributed by atoms with E-state index in [1.807, 2.05) is 0 Å². The molecule has 0 fully saturated rings. The number of aromatic nitrogens is 3. The smallest absolute Gasteiger partial charge is 0.296 e. The Labute approximate surface area is 84.1 Å². The molecule has 4 nitrogen and oxygen atoms in total. The van der Waals surface area contributed by atoms with E-state index in [9.17, 15) is 8.78 Å². The molecule has 0 aliphatic heterocycles. The van der Waals surface area contributed by atoms with Gasteiger partial charge in [-0.05, 0) is 24.3 Å². The molecule has 0 aliphatic carbocycles. The number of halogens is 2. The Bertz CT molecular complexity index is 449. The van der Waals surface area contributed by atoms with Crippen LogP contribution < -0.4 is 5.73 Å². The number of anilines is 1. The van der Waals surface area contributed by atoms with Crippen molar-refractivity contribution in [3.8, 4) is 11.4 Å². The Hall–Kier alpha value is -1.98. The number of nitrogens with zero attached hydrogens (tertiary/aromatic N) is 2. The molecule has 1 heterocycles. The highest BCUT2D eigenvalue weighted by Gasteiger charge is 2.13. The fourth-order valence-corrected chi connectivity index (χ4v) is 1.13. The van der Waals surface area contributed by atoms with E-state index in [1.54, 1.807) is 24.3 Å². The lowest BCUT2D eigenvalue weighted by molar-refractivity contribution is 0.141. The van der Waals surface area contributed by atoms with Gasteiger partial charge in [-0.1, -0.05) is 0 Å². The first kappa shape index (κ1) is 9.57. The van der Waals surface area contributed by atoms with Crippen molar-refractivity contribution in [1.29, 1.82) is 0 Å². The molecule has 0 saturated carbocycles. The van der Waals surface area contributed by atoms with Crippen LogP contribution in [0.3, 0.4) is 0 Å². The lowest BCUT2D eigenvalue weighted by Gasteiger charge is -1.95. The number of hydrogen-bond acceptors (Lipinski definition) is 3. The summed E-state index contributed by atoms with van der Waals surface area (Å²) in [7, 11) is 0. The van der Waals surface area contributed by atoms with Gasteiger partial charge in [0.2, 0.25) is 0 Å². The summed E-state index contributed by atoms with van der Waals surface area (Å²) in [4.78, 5) is 3.65. The summed E-state index contributed by atoms with van der Waals surface area (Å²) in [6, 6.07) is 6.67. The Morgan fingerprint density at radius 1 is 1.20 bits per heavy atom. The molecule has 0 bridgehead atoms. The molecule has 6 heteroatoms. The highest BCUT2D eigenvalue weighted by atomic mass is 19.3. The van der Waals surface area contributed by atoms with Gasteiger partial charge < -0.3 is 5.73 Å². The van der Waals surface area contributed by atoms with Gasteiger partial charge >= 0.3 is 0 Å². The molecule has 1 aromatic heterocycles. The topological polar surface area (TPSA) is 67.6 Å². The van der Waals surface area contributed by atoms with E-state index >= 15 is 0 Å². The molecule has 0 unspecified atom stereocenters. The van der Waals surface area contributed by atoms with Gasteiger partial charge in [0, 0.05) is 11.3 Å². The summed E-state index contributed by atoms with van der Waals surface area (Å²) < 4.78 is 24.4. The molecule has 0 amide bonds. The summed E-state index contributed by atoms with van der Waals surface area (Å²) in [5, 5.41) is 5.86. The van der Waals surface area contributed by atoms with Crippen LogP contribution in [0.2, 0.25) is 0 Å². The molecular weight excluding hydrogens is 202 g/mol. The van der Waals surface area contributed by atoms with Gasteiger partial charge in [0.1, 0.15) is 0 Å². The van der Waals surface area contributed by atoms with Crippen molar-refractivity contribution >= 4 is 5.69 Å². The van der Waals surface area contributed by atoms with Crippen molar-refractivity contribution in [3.63, 3.8) is 0 Å². The Balaban J connectivity index is 2.33. The standard InChI is InChI=1S/C9H8F2N4/c10-7(11)9-13-8(14-15-9)5-1-3-6(12)4-2-5/h1-4,7H,12H2,(H,13,14,15). The molecular formula is C9H8F2N4. The van der Waals surface area contributed by atoms with Gasteiger partial charge in [0.25, 0.3) is 6.43 Å². The Morgan fingerprint density at radius 3 is 2.40 bits per heavy atom. The van der Waals surface area contributed by atoms with Crippen LogP contribution in [0.25, 0.3) is 11.4 Å². The van der Waals surface area contributed by atoms with Crippen LogP contribution in [0.15, 0.2) is 24.3 Å². The number of nitrogens with one attached hydrogen (secondary N) is 1. The second-order valence-electron chi connectivity index (χ2n) is 2.97. The van der Waals surface area contributed by atoms with E-state index in [-0.39, 0.29) is 5.82 Å². The van der Waals surface area contributed by atoms with Crippen LogP contribution in [-0.4, -0.2) is 15.2 Å². The van der Waals surface area contributed by atoms with Gasteiger partial charge in [-0.2, -0.15) is 5.10 Å². The fourth-order valence-electron chi connectivity index (χ4n) is 1.13. The molecule has 1 aromatic carbocycles. The molecule has 0 radical (unpaired) electrons. The molecule has 0 aliphatic rings. The van der Waals surface area contributed by atoms with Crippen LogP contribution in [0.1, 0.15) is 12.2 Å². The van der Waals surface area contributed by atoms with Gasteiger partial charge in [-0.3, -0.25) is 5.10 Å². The third kappa shape index (κ3) is 1.93. The van der Waals surface area contributed by atoms with E-state index in [0.717, 1.165) is 0 Å². The molecule has 0 spiro atoms. The minimum absolute atomic E-state index is 0.241. The van der Waals surface area contributed by atoms with Crippen LogP contribution in [0, 0.1) is 0 Å². The molecule has 3 N–H and O–H groups in total. The Morgan fingerprint density at radius 2 is 1.87 bits per heavy atom. The third-order valence-corrected chi connectivity index (χ3v) is 1.88. The summed E-state index contributed by atoms with van der Waals surface area (Å²) in [5.74, 6) is -0.188. The third-order valence-electron chi connectivity index (χ3n) is 1.88. The van der Waals surface area contributed by atoms with Crippen molar-refractivity contribution in [2.24, 2.45) is 0 Å². The summed E-state index contributed by atoms with van der Waals surface area (Å²) in [5.41, 5.74) is 6.74. The molecule has 0 saturated heterocycles.